The molecule has 1 aromatic heterocycles. The van der Waals surface area contributed by atoms with Gasteiger partial charge in [0.15, 0.2) is 0 Å². The van der Waals surface area contributed by atoms with Gasteiger partial charge < -0.3 is 10.6 Å². The zero-order valence-corrected chi connectivity index (χ0v) is 12.9. The van der Waals surface area contributed by atoms with Crippen molar-refractivity contribution < 1.29 is 4.79 Å². The lowest BCUT2D eigenvalue weighted by molar-refractivity contribution is 0.102. The molecular weight excluding hydrogens is 332 g/mol. The summed E-state index contributed by atoms with van der Waals surface area (Å²) in [4.78, 5) is 16.6. The third-order valence-corrected chi connectivity index (χ3v) is 3.13. The molecule has 0 saturated heterocycles. The summed E-state index contributed by atoms with van der Waals surface area (Å²) in [5.41, 5.74) is 1.50. The van der Waals surface area contributed by atoms with E-state index in [4.69, 9.17) is 5.26 Å². The summed E-state index contributed by atoms with van der Waals surface area (Å²) in [5, 5.41) is 14.7. The highest BCUT2D eigenvalue weighted by Crippen LogP contribution is 2.20. The Bertz CT molecular complexity index is 709. The van der Waals surface area contributed by atoms with Crippen molar-refractivity contribution in [2.45, 2.75) is 6.92 Å². The summed E-state index contributed by atoms with van der Waals surface area (Å²) >= 11 is 3.31. The van der Waals surface area contributed by atoms with Gasteiger partial charge in [-0.2, -0.15) is 5.26 Å². The highest BCUT2D eigenvalue weighted by molar-refractivity contribution is 9.10. The molecule has 1 heterocycles. The lowest BCUT2D eigenvalue weighted by atomic mass is 10.2. The molecule has 106 valence electrons. The van der Waals surface area contributed by atoms with Crippen LogP contribution >= 0.6 is 15.9 Å². The molecule has 0 unspecified atom stereocenters. The summed E-state index contributed by atoms with van der Waals surface area (Å²) in [5.74, 6) is 0.240. The smallest absolute Gasteiger partial charge is 0.259 e. The number of aromatic nitrogens is 1. The van der Waals surface area contributed by atoms with Crippen molar-refractivity contribution in [3.05, 3.63) is 52.1 Å². The number of carbonyl (C=O) groups excluding carboxylic acids is 1. The van der Waals surface area contributed by atoms with Gasteiger partial charge in [0.25, 0.3) is 5.91 Å². The van der Waals surface area contributed by atoms with Crippen LogP contribution < -0.4 is 10.6 Å². The molecule has 0 radical (unpaired) electrons. The third kappa shape index (κ3) is 3.80. The van der Waals surface area contributed by atoms with Gasteiger partial charge in [0.05, 0.1) is 17.2 Å². The maximum atomic E-state index is 12.4. The molecule has 1 amide bonds. The number of halogens is 1. The second kappa shape index (κ2) is 6.86. The van der Waals surface area contributed by atoms with Gasteiger partial charge in [0.2, 0.25) is 0 Å². The zero-order valence-electron chi connectivity index (χ0n) is 11.4. The molecule has 0 aliphatic carbocycles. The van der Waals surface area contributed by atoms with Crippen molar-refractivity contribution in [2.75, 3.05) is 17.2 Å². The monoisotopic (exact) mass is 344 g/mol. The summed E-state index contributed by atoms with van der Waals surface area (Å²) in [6.07, 6.45) is 1.63. The second-order valence-electron chi connectivity index (χ2n) is 4.23. The van der Waals surface area contributed by atoms with Crippen LogP contribution in [0.1, 0.15) is 22.8 Å². The molecule has 0 atom stereocenters. The van der Waals surface area contributed by atoms with E-state index >= 15 is 0 Å². The highest BCUT2D eigenvalue weighted by atomic mass is 79.9. The molecule has 1 aromatic carbocycles. The van der Waals surface area contributed by atoms with E-state index in [-0.39, 0.29) is 5.91 Å². The van der Waals surface area contributed by atoms with E-state index in [1.807, 2.05) is 13.0 Å². The Labute approximate surface area is 131 Å². The molecule has 21 heavy (non-hydrogen) atoms. The first-order chi connectivity index (χ1) is 10.1. The van der Waals surface area contributed by atoms with Crippen LogP contribution in [-0.2, 0) is 0 Å². The lowest BCUT2D eigenvalue weighted by Crippen LogP contribution is -2.16. The summed E-state index contributed by atoms with van der Waals surface area (Å²) in [6, 6.07) is 10.5. The first kappa shape index (κ1) is 15.0. The molecule has 2 N–H and O–H groups in total. The first-order valence-corrected chi connectivity index (χ1v) is 7.14. The van der Waals surface area contributed by atoms with E-state index in [9.17, 15) is 4.79 Å². The quantitative estimate of drug-likeness (QED) is 0.890. The van der Waals surface area contributed by atoms with Crippen LogP contribution in [0.4, 0.5) is 11.5 Å². The van der Waals surface area contributed by atoms with Gasteiger partial charge >= 0.3 is 0 Å². The maximum Gasteiger partial charge on any atom is 0.259 e. The third-order valence-electron chi connectivity index (χ3n) is 2.69. The molecular formula is C15H13BrN4O. The predicted octanol–water partition coefficient (Wildman–Crippen LogP) is 3.40. The molecule has 6 heteroatoms. The minimum Gasteiger partial charge on any atom is -0.370 e. The molecule has 0 bridgehead atoms. The number of hydrogen-bond donors (Lipinski definition) is 2. The minimum atomic E-state index is -0.283. The number of amides is 1. The summed E-state index contributed by atoms with van der Waals surface area (Å²) < 4.78 is 0.722. The maximum absolute atomic E-state index is 12.4. The Morgan fingerprint density at radius 1 is 1.43 bits per heavy atom. The van der Waals surface area contributed by atoms with E-state index in [2.05, 4.69) is 31.5 Å². The largest absolute Gasteiger partial charge is 0.370 e. The van der Waals surface area contributed by atoms with Crippen LogP contribution in [0.25, 0.3) is 0 Å². The normalized spacial score (nSPS) is 9.76. The van der Waals surface area contributed by atoms with Crippen LogP contribution in [0.2, 0.25) is 0 Å². The van der Waals surface area contributed by atoms with Gasteiger partial charge in [-0.1, -0.05) is 6.07 Å². The average molecular weight is 345 g/mol. The van der Waals surface area contributed by atoms with Crippen LogP contribution in [0, 0.1) is 11.3 Å². The van der Waals surface area contributed by atoms with Gasteiger partial charge in [-0.25, -0.2) is 4.98 Å². The molecule has 2 rings (SSSR count). The van der Waals surface area contributed by atoms with Crippen LogP contribution in [0.3, 0.4) is 0 Å². The number of hydrogen-bond acceptors (Lipinski definition) is 4. The Morgan fingerprint density at radius 2 is 2.24 bits per heavy atom. The number of nitriles is 1. The lowest BCUT2D eigenvalue weighted by Gasteiger charge is -2.10. The molecule has 0 fully saturated rings. The number of rotatable bonds is 4. The number of anilines is 2. The standard InChI is InChI=1S/C15H13BrN4O/c1-2-18-14-13(7-11(16)9-19-14)15(21)20-12-5-3-4-10(6-12)8-17/h3-7,9H,2H2,1H3,(H,18,19)(H,20,21). The van der Waals surface area contributed by atoms with Crippen molar-refractivity contribution in [3.63, 3.8) is 0 Å². The van der Waals surface area contributed by atoms with Crippen molar-refractivity contribution in [2.24, 2.45) is 0 Å². The molecule has 0 saturated carbocycles. The van der Waals surface area contributed by atoms with E-state index < -0.39 is 0 Å². The van der Waals surface area contributed by atoms with Gasteiger partial charge in [0.1, 0.15) is 5.82 Å². The first-order valence-electron chi connectivity index (χ1n) is 6.35. The number of nitrogens with zero attached hydrogens (tertiary/aromatic N) is 2. The minimum absolute atomic E-state index is 0.283. The van der Waals surface area contributed by atoms with Crippen molar-refractivity contribution in [1.29, 1.82) is 5.26 Å². The fourth-order valence-electron chi connectivity index (χ4n) is 1.79. The van der Waals surface area contributed by atoms with E-state index in [1.54, 1.807) is 36.5 Å². The van der Waals surface area contributed by atoms with E-state index in [0.29, 0.717) is 29.2 Å². The fourth-order valence-corrected chi connectivity index (χ4v) is 2.12. The van der Waals surface area contributed by atoms with Crippen molar-refractivity contribution in [3.8, 4) is 6.07 Å². The fraction of sp³-hybridized carbons (Fsp3) is 0.133. The second-order valence-corrected chi connectivity index (χ2v) is 5.14. The number of carbonyl (C=O) groups is 1. The molecule has 0 spiro atoms. The van der Waals surface area contributed by atoms with E-state index in [0.717, 1.165) is 4.47 Å². The van der Waals surface area contributed by atoms with Gasteiger partial charge in [0, 0.05) is 22.9 Å². The Kier molecular flexibility index (Phi) is 4.90. The van der Waals surface area contributed by atoms with Crippen LogP contribution in [0.5, 0.6) is 0 Å². The highest BCUT2D eigenvalue weighted by Gasteiger charge is 2.13. The summed E-state index contributed by atoms with van der Waals surface area (Å²) in [7, 11) is 0. The van der Waals surface area contributed by atoms with E-state index in [1.165, 1.54) is 0 Å². The van der Waals surface area contributed by atoms with Crippen molar-refractivity contribution in [1.82, 2.24) is 4.98 Å². The molecule has 0 aliphatic rings. The molecule has 0 aliphatic heterocycles. The Morgan fingerprint density at radius 3 is 2.95 bits per heavy atom. The zero-order chi connectivity index (χ0) is 15.2. The molecule has 5 nitrogen and oxygen atoms in total. The Hall–Kier alpha value is -2.39. The van der Waals surface area contributed by atoms with Crippen LogP contribution in [-0.4, -0.2) is 17.4 Å². The average Bonchev–Trinajstić information content (AvgIpc) is 2.49. The number of benzene rings is 1. The van der Waals surface area contributed by atoms with Gasteiger partial charge in [-0.3, -0.25) is 4.79 Å². The number of nitrogens with one attached hydrogen (secondary N) is 2. The predicted molar refractivity (Wildman–Crippen MR) is 85.2 cm³/mol. The van der Waals surface area contributed by atoms with Gasteiger partial charge in [-0.05, 0) is 47.1 Å². The number of pyridine rings is 1. The SMILES string of the molecule is CCNc1ncc(Br)cc1C(=O)Nc1cccc(C#N)c1. The Balaban J connectivity index is 2.27. The molecule has 2 aromatic rings. The van der Waals surface area contributed by atoms with Gasteiger partial charge in [-0.15, -0.1) is 0 Å². The topological polar surface area (TPSA) is 77.8 Å². The van der Waals surface area contributed by atoms with Crippen molar-refractivity contribution >= 4 is 33.3 Å². The van der Waals surface area contributed by atoms with Crippen LogP contribution in [0.15, 0.2) is 41.0 Å². The summed E-state index contributed by atoms with van der Waals surface area (Å²) in [6.45, 7) is 2.60.